The van der Waals surface area contributed by atoms with Crippen molar-refractivity contribution in [2.75, 3.05) is 19.5 Å². The average molecular weight is 469 g/mol. The molecule has 9 nitrogen and oxygen atoms in total. The van der Waals surface area contributed by atoms with Gasteiger partial charge in [0.1, 0.15) is 22.1 Å². The molecule has 11 heteroatoms. The standard InChI is InChI=1S/C21H20N6O3S2/c1-11-13(19-26-27-12(2)24-25-21(27)32-19)7-5-8-14(11)22-20(31)23-18(28)17-15(29-3)9-6-10-16(17)30-4/h5-10H,1-4H3,(H2,22,23,28,31). The number of carbonyl (C=O) groups is 1. The number of hydrogen-bond donors (Lipinski definition) is 2. The number of aromatic nitrogens is 4. The molecule has 0 aliphatic heterocycles. The number of hydrogen-bond acceptors (Lipinski definition) is 8. The van der Waals surface area contributed by atoms with Crippen LogP contribution >= 0.6 is 23.6 Å². The number of benzene rings is 2. The molecular formula is C21H20N6O3S2. The van der Waals surface area contributed by atoms with Gasteiger partial charge in [0.2, 0.25) is 4.96 Å². The first kappa shape index (κ1) is 21.7. The second-order valence-corrected chi connectivity index (χ2v) is 8.14. The molecule has 2 N–H and O–H groups in total. The quantitative estimate of drug-likeness (QED) is 0.428. The third-order valence-electron chi connectivity index (χ3n) is 4.84. The molecule has 0 saturated heterocycles. The fraction of sp³-hybridized carbons (Fsp3) is 0.190. The van der Waals surface area contributed by atoms with Crippen molar-refractivity contribution in [3.8, 4) is 22.1 Å². The minimum atomic E-state index is -0.435. The Hall–Kier alpha value is -3.57. The number of ether oxygens (including phenoxy) is 2. The molecule has 0 unspecified atom stereocenters. The highest BCUT2D eigenvalue weighted by Gasteiger charge is 2.20. The number of methoxy groups -OCH3 is 2. The van der Waals surface area contributed by atoms with Gasteiger partial charge in [-0.2, -0.15) is 9.61 Å². The molecule has 2 heterocycles. The Morgan fingerprint density at radius 1 is 1.06 bits per heavy atom. The summed E-state index contributed by atoms with van der Waals surface area (Å²) in [7, 11) is 2.98. The van der Waals surface area contributed by atoms with E-state index >= 15 is 0 Å². The molecule has 4 aromatic rings. The van der Waals surface area contributed by atoms with Crippen molar-refractivity contribution in [1.82, 2.24) is 25.1 Å². The van der Waals surface area contributed by atoms with Gasteiger partial charge in [0.05, 0.1) is 14.2 Å². The number of fused-ring (bicyclic) bond motifs is 1. The first-order valence-corrected chi connectivity index (χ1v) is 10.8. The van der Waals surface area contributed by atoms with Crippen molar-refractivity contribution in [3.05, 3.63) is 53.3 Å². The maximum Gasteiger partial charge on any atom is 0.264 e. The lowest BCUT2D eigenvalue weighted by Crippen LogP contribution is -2.34. The van der Waals surface area contributed by atoms with Crippen LogP contribution in [0.5, 0.6) is 11.5 Å². The molecule has 164 valence electrons. The molecule has 0 aliphatic rings. The highest BCUT2D eigenvalue weighted by molar-refractivity contribution is 7.80. The van der Waals surface area contributed by atoms with Crippen LogP contribution in [-0.2, 0) is 0 Å². The van der Waals surface area contributed by atoms with Gasteiger partial charge in [0.25, 0.3) is 5.91 Å². The molecule has 0 fully saturated rings. The number of amides is 1. The topological polar surface area (TPSA) is 103 Å². The van der Waals surface area contributed by atoms with E-state index in [1.807, 2.05) is 32.0 Å². The summed E-state index contributed by atoms with van der Waals surface area (Å²) < 4.78 is 12.3. The van der Waals surface area contributed by atoms with Crippen LogP contribution in [0.3, 0.4) is 0 Å². The second-order valence-electron chi connectivity index (χ2n) is 6.77. The van der Waals surface area contributed by atoms with E-state index in [0.29, 0.717) is 11.5 Å². The lowest BCUT2D eigenvalue weighted by atomic mass is 10.1. The Kier molecular flexibility index (Phi) is 6.01. The molecule has 4 rings (SSSR count). The van der Waals surface area contributed by atoms with Gasteiger partial charge in [-0.05, 0) is 49.8 Å². The predicted octanol–water partition coefficient (Wildman–Crippen LogP) is 3.61. The summed E-state index contributed by atoms with van der Waals surface area (Å²) in [5, 5.41) is 19.5. The van der Waals surface area contributed by atoms with Gasteiger partial charge in [0, 0.05) is 11.3 Å². The maximum atomic E-state index is 12.9. The van der Waals surface area contributed by atoms with E-state index in [2.05, 4.69) is 25.9 Å². The zero-order chi connectivity index (χ0) is 22.8. The van der Waals surface area contributed by atoms with Crippen molar-refractivity contribution in [2.24, 2.45) is 0 Å². The largest absolute Gasteiger partial charge is 0.496 e. The monoisotopic (exact) mass is 468 g/mol. The molecule has 0 spiro atoms. The first-order chi connectivity index (χ1) is 15.4. The second kappa shape index (κ2) is 8.89. The van der Waals surface area contributed by atoms with Crippen LogP contribution in [0.2, 0.25) is 0 Å². The van der Waals surface area contributed by atoms with Gasteiger partial charge in [-0.3, -0.25) is 10.1 Å². The number of nitrogens with one attached hydrogen (secondary N) is 2. The summed E-state index contributed by atoms with van der Waals surface area (Å²) in [6.07, 6.45) is 0. The molecule has 0 aliphatic carbocycles. The van der Waals surface area contributed by atoms with Crippen LogP contribution in [0.4, 0.5) is 5.69 Å². The van der Waals surface area contributed by atoms with Crippen LogP contribution in [-0.4, -0.2) is 45.1 Å². The summed E-state index contributed by atoms with van der Waals surface area (Å²) in [5.41, 5.74) is 2.89. The number of carbonyl (C=O) groups excluding carboxylic acids is 1. The minimum Gasteiger partial charge on any atom is -0.496 e. The van der Waals surface area contributed by atoms with E-state index in [-0.39, 0.29) is 10.7 Å². The van der Waals surface area contributed by atoms with Crippen LogP contribution in [0.1, 0.15) is 21.7 Å². The Labute approximate surface area is 193 Å². The van der Waals surface area contributed by atoms with Crippen LogP contribution in [0, 0.1) is 13.8 Å². The number of nitrogens with zero attached hydrogens (tertiary/aromatic N) is 4. The van der Waals surface area contributed by atoms with E-state index < -0.39 is 5.91 Å². The predicted molar refractivity (Wildman–Crippen MR) is 127 cm³/mol. The van der Waals surface area contributed by atoms with Gasteiger partial charge in [-0.15, -0.1) is 10.2 Å². The van der Waals surface area contributed by atoms with E-state index in [1.54, 1.807) is 22.7 Å². The number of rotatable bonds is 5. The number of aryl methyl sites for hydroxylation is 1. The van der Waals surface area contributed by atoms with E-state index in [9.17, 15) is 4.79 Å². The molecular weight excluding hydrogens is 448 g/mol. The smallest absolute Gasteiger partial charge is 0.264 e. The van der Waals surface area contributed by atoms with Crippen molar-refractivity contribution in [1.29, 1.82) is 0 Å². The Balaban J connectivity index is 1.55. The zero-order valence-electron chi connectivity index (χ0n) is 17.8. The summed E-state index contributed by atoms with van der Waals surface area (Å²) >= 11 is 6.84. The summed E-state index contributed by atoms with van der Waals surface area (Å²) in [4.78, 5) is 13.6. The molecule has 2 aromatic heterocycles. The Morgan fingerprint density at radius 3 is 2.41 bits per heavy atom. The van der Waals surface area contributed by atoms with Gasteiger partial charge in [-0.25, -0.2) is 0 Å². The van der Waals surface area contributed by atoms with Crippen LogP contribution in [0.15, 0.2) is 36.4 Å². The van der Waals surface area contributed by atoms with Crippen molar-refractivity contribution in [2.45, 2.75) is 13.8 Å². The van der Waals surface area contributed by atoms with E-state index in [0.717, 1.165) is 32.6 Å². The SMILES string of the molecule is COc1cccc(OC)c1C(=O)NC(=S)Nc1cccc(-c2nn3c(C)nnc3s2)c1C. The lowest BCUT2D eigenvalue weighted by Gasteiger charge is -2.15. The molecule has 32 heavy (non-hydrogen) atoms. The summed E-state index contributed by atoms with van der Waals surface area (Å²) in [6.45, 7) is 3.81. The fourth-order valence-corrected chi connectivity index (χ4v) is 4.39. The van der Waals surface area contributed by atoms with Gasteiger partial charge in [0.15, 0.2) is 10.9 Å². The van der Waals surface area contributed by atoms with Gasteiger partial charge < -0.3 is 14.8 Å². The fourth-order valence-electron chi connectivity index (χ4n) is 3.22. The average Bonchev–Trinajstić information content (AvgIpc) is 3.36. The zero-order valence-corrected chi connectivity index (χ0v) is 19.4. The molecule has 0 bridgehead atoms. The first-order valence-electron chi connectivity index (χ1n) is 9.55. The molecule has 2 aromatic carbocycles. The van der Waals surface area contributed by atoms with Gasteiger partial charge >= 0.3 is 0 Å². The van der Waals surface area contributed by atoms with Crippen molar-refractivity contribution >= 4 is 45.2 Å². The van der Waals surface area contributed by atoms with E-state index in [4.69, 9.17) is 21.7 Å². The van der Waals surface area contributed by atoms with Gasteiger partial charge in [-0.1, -0.05) is 29.5 Å². The summed E-state index contributed by atoms with van der Waals surface area (Å²) in [5.74, 6) is 1.07. The van der Waals surface area contributed by atoms with E-state index in [1.165, 1.54) is 25.6 Å². The molecule has 1 amide bonds. The van der Waals surface area contributed by atoms with Crippen LogP contribution in [0.25, 0.3) is 15.5 Å². The lowest BCUT2D eigenvalue weighted by molar-refractivity contribution is 0.0971. The number of thiocarbonyl (C=S) groups is 1. The van der Waals surface area contributed by atoms with Crippen molar-refractivity contribution < 1.29 is 14.3 Å². The summed E-state index contributed by atoms with van der Waals surface area (Å²) in [6, 6.07) is 10.9. The molecule has 0 atom stereocenters. The third-order valence-corrected chi connectivity index (χ3v) is 5.98. The highest BCUT2D eigenvalue weighted by Crippen LogP contribution is 2.32. The Bertz CT molecular complexity index is 1310. The highest BCUT2D eigenvalue weighted by atomic mass is 32.1. The van der Waals surface area contributed by atoms with Crippen LogP contribution < -0.4 is 20.1 Å². The van der Waals surface area contributed by atoms with Crippen molar-refractivity contribution in [3.63, 3.8) is 0 Å². The minimum absolute atomic E-state index is 0.150. The maximum absolute atomic E-state index is 12.9. The number of anilines is 1. The molecule has 0 radical (unpaired) electrons. The molecule has 0 saturated carbocycles. The normalized spacial score (nSPS) is 10.8. The Morgan fingerprint density at radius 2 is 1.75 bits per heavy atom. The third kappa shape index (κ3) is 3.99.